The predicted octanol–water partition coefficient (Wildman–Crippen LogP) is 3.03. The van der Waals surface area contributed by atoms with Crippen LogP contribution in [0.2, 0.25) is 0 Å². The van der Waals surface area contributed by atoms with E-state index in [2.05, 4.69) is 27.1 Å². The maximum Gasteiger partial charge on any atom is 0.220 e. The molecule has 2 heterocycles. The standard InChI is InChI=1S/C15H14N4/c1-10-14(13-7-8-17-15(16)19-13)12(9-18-10)11-5-3-2-4-6-11/h2-9,18H,1H3,(H2,16,17,19). The molecule has 0 amide bonds. The number of nitrogen functional groups attached to an aromatic ring is 1. The topological polar surface area (TPSA) is 67.6 Å². The summed E-state index contributed by atoms with van der Waals surface area (Å²) in [5.74, 6) is 0.289. The van der Waals surface area contributed by atoms with Crippen LogP contribution in [0, 0.1) is 6.92 Å². The van der Waals surface area contributed by atoms with Crippen LogP contribution in [0.3, 0.4) is 0 Å². The molecule has 0 unspecified atom stereocenters. The zero-order valence-corrected chi connectivity index (χ0v) is 10.6. The number of benzene rings is 1. The van der Waals surface area contributed by atoms with Gasteiger partial charge in [-0.3, -0.25) is 0 Å². The van der Waals surface area contributed by atoms with Gasteiger partial charge in [0.1, 0.15) is 0 Å². The first-order valence-electron chi connectivity index (χ1n) is 6.08. The second-order valence-corrected chi connectivity index (χ2v) is 4.37. The third-order valence-electron chi connectivity index (χ3n) is 3.09. The molecule has 4 nitrogen and oxygen atoms in total. The number of aryl methyl sites for hydroxylation is 1. The van der Waals surface area contributed by atoms with Crippen molar-refractivity contribution in [2.45, 2.75) is 6.92 Å². The fourth-order valence-corrected chi connectivity index (χ4v) is 2.22. The van der Waals surface area contributed by atoms with Crippen molar-refractivity contribution in [3.05, 3.63) is 54.5 Å². The number of nitrogens with two attached hydrogens (primary N) is 1. The number of nitrogens with one attached hydrogen (secondary N) is 1. The van der Waals surface area contributed by atoms with Crippen LogP contribution in [0.1, 0.15) is 5.69 Å². The Labute approximate surface area is 111 Å². The van der Waals surface area contributed by atoms with Crippen molar-refractivity contribution in [3.63, 3.8) is 0 Å². The number of rotatable bonds is 2. The minimum Gasteiger partial charge on any atom is -0.368 e. The van der Waals surface area contributed by atoms with Crippen molar-refractivity contribution in [1.29, 1.82) is 0 Å². The molecule has 0 radical (unpaired) electrons. The third kappa shape index (κ3) is 2.08. The Morgan fingerprint density at radius 3 is 2.63 bits per heavy atom. The number of aromatic nitrogens is 3. The average molecular weight is 250 g/mol. The molecule has 1 aromatic carbocycles. The van der Waals surface area contributed by atoms with Crippen LogP contribution in [-0.4, -0.2) is 15.0 Å². The van der Waals surface area contributed by atoms with Crippen molar-refractivity contribution in [2.24, 2.45) is 0 Å². The fraction of sp³-hybridized carbons (Fsp3) is 0.0667. The van der Waals surface area contributed by atoms with E-state index in [0.29, 0.717) is 0 Å². The largest absolute Gasteiger partial charge is 0.368 e. The average Bonchev–Trinajstić information content (AvgIpc) is 2.82. The van der Waals surface area contributed by atoms with Crippen LogP contribution < -0.4 is 5.73 Å². The molecule has 0 saturated carbocycles. The smallest absolute Gasteiger partial charge is 0.220 e. The molecule has 0 aliphatic carbocycles. The maximum atomic E-state index is 5.67. The summed E-state index contributed by atoms with van der Waals surface area (Å²) in [5.41, 5.74) is 10.9. The Kier molecular flexibility index (Phi) is 2.76. The lowest BCUT2D eigenvalue weighted by Gasteiger charge is -2.05. The van der Waals surface area contributed by atoms with Gasteiger partial charge in [-0.1, -0.05) is 30.3 Å². The number of aromatic amines is 1. The summed E-state index contributed by atoms with van der Waals surface area (Å²) in [7, 11) is 0. The van der Waals surface area contributed by atoms with Crippen molar-refractivity contribution in [1.82, 2.24) is 15.0 Å². The molecule has 2 aromatic heterocycles. The quantitative estimate of drug-likeness (QED) is 0.734. The lowest BCUT2D eigenvalue weighted by Crippen LogP contribution is -1.96. The number of anilines is 1. The minimum absolute atomic E-state index is 0.289. The van der Waals surface area contributed by atoms with Gasteiger partial charge in [-0.2, -0.15) is 0 Å². The molecule has 0 aliphatic rings. The predicted molar refractivity (Wildman–Crippen MR) is 76.4 cm³/mol. The van der Waals surface area contributed by atoms with Crippen molar-refractivity contribution < 1.29 is 0 Å². The SMILES string of the molecule is Cc1[nH]cc(-c2ccccc2)c1-c1ccnc(N)n1. The third-order valence-corrected chi connectivity index (χ3v) is 3.09. The molecule has 0 spiro atoms. The Morgan fingerprint density at radius 2 is 1.89 bits per heavy atom. The van der Waals surface area contributed by atoms with E-state index in [0.717, 1.165) is 28.1 Å². The first kappa shape index (κ1) is 11.5. The number of hydrogen-bond acceptors (Lipinski definition) is 3. The summed E-state index contributed by atoms with van der Waals surface area (Å²) in [6, 6.07) is 12.1. The van der Waals surface area contributed by atoms with Crippen molar-refractivity contribution in [2.75, 3.05) is 5.73 Å². The van der Waals surface area contributed by atoms with E-state index in [9.17, 15) is 0 Å². The Hall–Kier alpha value is -2.62. The van der Waals surface area contributed by atoms with E-state index in [1.54, 1.807) is 6.20 Å². The van der Waals surface area contributed by atoms with Crippen LogP contribution in [0.5, 0.6) is 0 Å². The summed E-state index contributed by atoms with van der Waals surface area (Å²) in [5, 5.41) is 0. The van der Waals surface area contributed by atoms with Gasteiger partial charge in [0.2, 0.25) is 5.95 Å². The van der Waals surface area contributed by atoms with Crippen LogP contribution in [-0.2, 0) is 0 Å². The van der Waals surface area contributed by atoms with Crippen LogP contribution in [0.15, 0.2) is 48.8 Å². The highest BCUT2D eigenvalue weighted by Gasteiger charge is 2.13. The second kappa shape index (κ2) is 4.57. The van der Waals surface area contributed by atoms with Gasteiger partial charge in [0.05, 0.1) is 5.69 Å². The Bertz CT molecular complexity index is 701. The summed E-state index contributed by atoms with van der Waals surface area (Å²) in [6.07, 6.45) is 3.68. The molecule has 0 fully saturated rings. The van der Waals surface area contributed by atoms with Crippen LogP contribution >= 0.6 is 0 Å². The molecule has 0 aliphatic heterocycles. The Morgan fingerprint density at radius 1 is 1.11 bits per heavy atom. The van der Waals surface area contributed by atoms with E-state index in [1.165, 1.54) is 0 Å². The van der Waals surface area contributed by atoms with Gasteiger partial charge in [-0.05, 0) is 18.6 Å². The molecule has 3 aromatic rings. The van der Waals surface area contributed by atoms with Crippen molar-refractivity contribution >= 4 is 5.95 Å². The molecular weight excluding hydrogens is 236 g/mol. The highest BCUT2D eigenvalue weighted by atomic mass is 15.0. The van der Waals surface area contributed by atoms with Gasteiger partial charge in [-0.25, -0.2) is 9.97 Å². The first-order valence-corrected chi connectivity index (χ1v) is 6.08. The summed E-state index contributed by atoms with van der Waals surface area (Å²) >= 11 is 0. The van der Waals surface area contributed by atoms with Crippen LogP contribution in [0.25, 0.3) is 22.4 Å². The minimum atomic E-state index is 0.289. The molecule has 3 N–H and O–H groups in total. The maximum absolute atomic E-state index is 5.67. The zero-order valence-electron chi connectivity index (χ0n) is 10.6. The summed E-state index contributed by atoms with van der Waals surface area (Å²) in [4.78, 5) is 11.5. The van der Waals surface area contributed by atoms with E-state index < -0.39 is 0 Å². The lowest BCUT2D eigenvalue weighted by atomic mass is 10.0. The Balaban J connectivity index is 2.20. The molecule has 19 heavy (non-hydrogen) atoms. The number of hydrogen-bond donors (Lipinski definition) is 2. The first-order chi connectivity index (χ1) is 9.25. The number of H-pyrrole nitrogens is 1. The summed E-state index contributed by atoms with van der Waals surface area (Å²) < 4.78 is 0. The van der Waals surface area contributed by atoms with Gasteiger partial charge in [0.15, 0.2) is 0 Å². The highest BCUT2D eigenvalue weighted by molar-refractivity contribution is 5.83. The van der Waals surface area contributed by atoms with Gasteiger partial charge < -0.3 is 10.7 Å². The van der Waals surface area contributed by atoms with E-state index in [-0.39, 0.29) is 5.95 Å². The molecule has 4 heteroatoms. The summed E-state index contributed by atoms with van der Waals surface area (Å²) in [6.45, 7) is 2.03. The lowest BCUT2D eigenvalue weighted by molar-refractivity contribution is 1.18. The van der Waals surface area contributed by atoms with Gasteiger partial charge in [-0.15, -0.1) is 0 Å². The monoisotopic (exact) mass is 250 g/mol. The fourth-order valence-electron chi connectivity index (χ4n) is 2.22. The van der Waals surface area contributed by atoms with E-state index in [1.807, 2.05) is 37.4 Å². The second-order valence-electron chi connectivity index (χ2n) is 4.37. The van der Waals surface area contributed by atoms with E-state index >= 15 is 0 Å². The van der Waals surface area contributed by atoms with Gasteiger partial charge >= 0.3 is 0 Å². The van der Waals surface area contributed by atoms with Crippen LogP contribution in [0.4, 0.5) is 5.95 Å². The highest BCUT2D eigenvalue weighted by Crippen LogP contribution is 2.33. The van der Waals surface area contributed by atoms with E-state index in [4.69, 9.17) is 5.73 Å². The zero-order chi connectivity index (χ0) is 13.2. The molecule has 0 bridgehead atoms. The molecule has 3 rings (SSSR count). The molecule has 0 saturated heterocycles. The van der Waals surface area contributed by atoms with Gasteiger partial charge in [0.25, 0.3) is 0 Å². The normalized spacial score (nSPS) is 10.6. The molecule has 94 valence electrons. The van der Waals surface area contributed by atoms with Gasteiger partial charge in [0, 0.05) is 29.2 Å². The molecular formula is C15H14N4. The molecule has 0 atom stereocenters. The van der Waals surface area contributed by atoms with Crippen molar-refractivity contribution in [3.8, 4) is 22.4 Å². The number of nitrogens with zero attached hydrogens (tertiary/aromatic N) is 2.